The van der Waals surface area contributed by atoms with E-state index in [0.717, 1.165) is 32.4 Å². The second kappa shape index (κ2) is 7.25. The van der Waals surface area contributed by atoms with Crippen molar-refractivity contribution in [3.8, 4) is 0 Å². The van der Waals surface area contributed by atoms with Gasteiger partial charge in [-0.15, -0.1) is 0 Å². The largest absolute Gasteiger partial charge is 0.381 e. The molecule has 0 aromatic carbocycles. The Bertz CT molecular complexity index is 179. The number of hydrogen-bond donors (Lipinski definition) is 1. The van der Waals surface area contributed by atoms with Gasteiger partial charge in [0.2, 0.25) is 0 Å². The van der Waals surface area contributed by atoms with Crippen molar-refractivity contribution in [2.45, 2.75) is 64.1 Å². The molecule has 16 heavy (non-hydrogen) atoms. The highest BCUT2D eigenvalue weighted by atomic mass is 16.5. The fourth-order valence-electron chi connectivity index (χ4n) is 2.80. The lowest BCUT2D eigenvalue weighted by Gasteiger charge is -2.39. The zero-order chi connectivity index (χ0) is 12.0. The van der Waals surface area contributed by atoms with Gasteiger partial charge in [-0.3, -0.25) is 4.90 Å². The summed E-state index contributed by atoms with van der Waals surface area (Å²) in [5.41, 5.74) is 6.26. The summed E-state index contributed by atoms with van der Waals surface area (Å²) in [5, 5.41) is 0. The molecule has 96 valence electrons. The van der Waals surface area contributed by atoms with Crippen LogP contribution in [0.25, 0.3) is 0 Å². The summed E-state index contributed by atoms with van der Waals surface area (Å²) < 4.78 is 5.40. The quantitative estimate of drug-likeness (QED) is 0.756. The predicted octanol–water partition coefficient (Wildman–Crippen LogP) is 2.00. The predicted molar refractivity (Wildman–Crippen MR) is 68.6 cm³/mol. The molecule has 3 heteroatoms. The normalized spacial score (nSPS) is 23.2. The van der Waals surface area contributed by atoms with Gasteiger partial charge in [-0.25, -0.2) is 0 Å². The molecule has 0 radical (unpaired) electrons. The minimum Gasteiger partial charge on any atom is -0.381 e. The van der Waals surface area contributed by atoms with Crippen molar-refractivity contribution in [1.82, 2.24) is 4.90 Å². The maximum atomic E-state index is 6.26. The van der Waals surface area contributed by atoms with Crippen LogP contribution >= 0.6 is 0 Å². The van der Waals surface area contributed by atoms with E-state index in [1.54, 1.807) is 0 Å². The Kier molecular flexibility index (Phi) is 6.32. The lowest BCUT2D eigenvalue weighted by Crippen LogP contribution is -2.51. The Hall–Kier alpha value is -0.120. The molecule has 0 amide bonds. The molecule has 1 saturated heterocycles. The van der Waals surface area contributed by atoms with Crippen LogP contribution in [0.3, 0.4) is 0 Å². The molecule has 0 spiro atoms. The van der Waals surface area contributed by atoms with Crippen LogP contribution in [0.1, 0.15) is 46.0 Å². The first-order valence-electron chi connectivity index (χ1n) is 6.75. The molecule has 0 aliphatic carbocycles. The molecular weight excluding hydrogens is 200 g/mol. The average Bonchev–Trinajstić information content (AvgIpc) is 2.31. The summed E-state index contributed by atoms with van der Waals surface area (Å²) in [5.74, 6) is 0. The Balaban J connectivity index is 2.42. The monoisotopic (exact) mass is 228 g/mol. The zero-order valence-electron chi connectivity index (χ0n) is 11.1. The topological polar surface area (TPSA) is 38.5 Å². The van der Waals surface area contributed by atoms with Crippen molar-refractivity contribution in [1.29, 1.82) is 0 Å². The van der Waals surface area contributed by atoms with Gasteiger partial charge in [-0.05, 0) is 25.7 Å². The van der Waals surface area contributed by atoms with E-state index in [4.69, 9.17) is 10.5 Å². The first-order chi connectivity index (χ1) is 7.72. The third kappa shape index (κ3) is 3.72. The van der Waals surface area contributed by atoms with Crippen molar-refractivity contribution in [3.63, 3.8) is 0 Å². The van der Waals surface area contributed by atoms with Crippen LogP contribution in [-0.4, -0.2) is 43.3 Å². The van der Waals surface area contributed by atoms with E-state index in [1.165, 1.54) is 12.8 Å². The van der Waals surface area contributed by atoms with Crippen LogP contribution in [-0.2, 0) is 4.74 Å². The number of likely N-dealkylation sites (tertiary alicyclic amines) is 1. The van der Waals surface area contributed by atoms with Gasteiger partial charge in [0.15, 0.2) is 0 Å². The fraction of sp³-hybridized carbons (Fsp3) is 1.00. The van der Waals surface area contributed by atoms with Crippen LogP contribution in [0, 0.1) is 0 Å². The SMILES string of the molecule is CCCC(N)C(CC)N1CCC(OC)CC1. The summed E-state index contributed by atoms with van der Waals surface area (Å²) in [6.45, 7) is 6.76. The molecule has 3 nitrogen and oxygen atoms in total. The fourth-order valence-corrected chi connectivity index (χ4v) is 2.80. The lowest BCUT2D eigenvalue weighted by atomic mass is 9.97. The summed E-state index contributed by atoms with van der Waals surface area (Å²) in [4.78, 5) is 2.57. The molecule has 2 unspecified atom stereocenters. The number of hydrogen-bond acceptors (Lipinski definition) is 3. The van der Waals surface area contributed by atoms with E-state index in [-0.39, 0.29) is 0 Å². The minimum atomic E-state index is 0.342. The maximum Gasteiger partial charge on any atom is 0.0595 e. The number of rotatable bonds is 6. The van der Waals surface area contributed by atoms with Gasteiger partial charge in [0, 0.05) is 32.3 Å². The highest BCUT2D eigenvalue weighted by molar-refractivity contribution is 4.84. The van der Waals surface area contributed by atoms with Gasteiger partial charge >= 0.3 is 0 Å². The summed E-state index contributed by atoms with van der Waals surface area (Å²) in [7, 11) is 1.82. The number of nitrogens with zero attached hydrogens (tertiary/aromatic N) is 1. The Labute approximate surface area is 100 Å². The van der Waals surface area contributed by atoms with Gasteiger partial charge in [0.1, 0.15) is 0 Å². The average molecular weight is 228 g/mol. The van der Waals surface area contributed by atoms with Crippen molar-refractivity contribution in [2.24, 2.45) is 5.73 Å². The van der Waals surface area contributed by atoms with Gasteiger partial charge in [0.05, 0.1) is 6.10 Å². The van der Waals surface area contributed by atoms with Gasteiger partial charge in [-0.2, -0.15) is 0 Å². The summed E-state index contributed by atoms with van der Waals surface area (Å²) in [6.07, 6.45) is 6.28. The van der Waals surface area contributed by atoms with Crippen LogP contribution in [0.4, 0.5) is 0 Å². The molecule has 1 fully saturated rings. The molecule has 0 bridgehead atoms. The van der Waals surface area contributed by atoms with Crippen molar-refractivity contribution in [3.05, 3.63) is 0 Å². The highest BCUT2D eigenvalue weighted by Gasteiger charge is 2.27. The molecule has 0 saturated carbocycles. The molecule has 0 aromatic heterocycles. The molecule has 1 rings (SSSR count). The molecule has 2 N–H and O–H groups in total. The molecule has 1 heterocycles. The van der Waals surface area contributed by atoms with Crippen LogP contribution in [0.5, 0.6) is 0 Å². The first-order valence-corrected chi connectivity index (χ1v) is 6.75. The third-order valence-electron chi connectivity index (χ3n) is 3.81. The lowest BCUT2D eigenvalue weighted by molar-refractivity contribution is 0.0217. The highest BCUT2D eigenvalue weighted by Crippen LogP contribution is 2.19. The van der Waals surface area contributed by atoms with Crippen LogP contribution in [0.2, 0.25) is 0 Å². The zero-order valence-corrected chi connectivity index (χ0v) is 11.1. The molecule has 1 aliphatic heterocycles. The number of ether oxygens (including phenoxy) is 1. The molecule has 1 aliphatic rings. The van der Waals surface area contributed by atoms with E-state index in [0.29, 0.717) is 18.2 Å². The smallest absolute Gasteiger partial charge is 0.0595 e. The molecular formula is C13H28N2O. The second-order valence-electron chi connectivity index (χ2n) is 4.90. The van der Waals surface area contributed by atoms with E-state index in [1.807, 2.05) is 7.11 Å². The third-order valence-corrected chi connectivity index (χ3v) is 3.81. The van der Waals surface area contributed by atoms with Gasteiger partial charge in [-0.1, -0.05) is 20.3 Å². The first kappa shape index (κ1) is 13.9. The minimum absolute atomic E-state index is 0.342. The standard InChI is InChI=1S/C13H28N2O/c1-4-6-12(14)13(5-2)15-9-7-11(16-3)8-10-15/h11-13H,4-10,14H2,1-3H3. The Morgan fingerprint density at radius 3 is 2.38 bits per heavy atom. The van der Waals surface area contributed by atoms with Crippen LogP contribution in [0.15, 0.2) is 0 Å². The van der Waals surface area contributed by atoms with E-state index < -0.39 is 0 Å². The maximum absolute atomic E-state index is 6.26. The Morgan fingerprint density at radius 2 is 1.94 bits per heavy atom. The molecule has 0 aromatic rings. The van der Waals surface area contributed by atoms with E-state index in [2.05, 4.69) is 18.7 Å². The van der Waals surface area contributed by atoms with Gasteiger partial charge < -0.3 is 10.5 Å². The molecule has 2 atom stereocenters. The van der Waals surface area contributed by atoms with E-state index >= 15 is 0 Å². The van der Waals surface area contributed by atoms with Crippen molar-refractivity contribution in [2.75, 3.05) is 20.2 Å². The van der Waals surface area contributed by atoms with E-state index in [9.17, 15) is 0 Å². The number of nitrogens with two attached hydrogens (primary N) is 1. The summed E-state index contributed by atoms with van der Waals surface area (Å²) >= 11 is 0. The summed E-state index contributed by atoms with van der Waals surface area (Å²) in [6, 6.07) is 0.909. The van der Waals surface area contributed by atoms with Crippen LogP contribution < -0.4 is 5.73 Å². The van der Waals surface area contributed by atoms with Gasteiger partial charge in [0.25, 0.3) is 0 Å². The van der Waals surface area contributed by atoms with Crippen molar-refractivity contribution >= 4 is 0 Å². The number of methoxy groups -OCH3 is 1. The number of piperidine rings is 1. The second-order valence-corrected chi connectivity index (χ2v) is 4.90. The van der Waals surface area contributed by atoms with Crippen molar-refractivity contribution < 1.29 is 4.74 Å². The Morgan fingerprint density at radius 1 is 1.31 bits per heavy atom.